The Bertz CT molecular complexity index is 546. The van der Waals surface area contributed by atoms with Crippen LogP contribution in [0.1, 0.15) is 19.3 Å². The van der Waals surface area contributed by atoms with Crippen LogP contribution in [-0.2, 0) is 4.79 Å². The van der Waals surface area contributed by atoms with Gasteiger partial charge in [-0.3, -0.25) is 4.79 Å². The van der Waals surface area contributed by atoms with E-state index in [0.717, 1.165) is 17.3 Å². The van der Waals surface area contributed by atoms with Gasteiger partial charge < -0.3 is 20.1 Å². The minimum Gasteiger partial charge on any atom is -0.495 e. The second kappa shape index (κ2) is 6.80. The highest BCUT2D eigenvalue weighted by Crippen LogP contribution is 2.31. The number of aliphatic carboxylic acids is 1. The van der Waals surface area contributed by atoms with Crippen molar-refractivity contribution in [3.63, 3.8) is 0 Å². The molecule has 0 saturated heterocycles. The van der Waals surface area contributed by atoms with Crippen molar-refractivity contribution in [1.29, 1.82) is 0 Å². The third-order valence-corrected chi connectivity index (χ3v) is 3.71. The van der Waals surface area contributed by atoms with Gasteiger partial charge in [-0.15, -0.1) is 0 Å². The molecule has 2 amide bonds. The van der Waals surface area contributed by atoms with E-state index in [-0.39, 0.29) is 25.0 Å². The summed E-state index contributed by atoms with van der Waals surface area (Å²) in [7, 11) is 1.53. The fraction of sp³-hybridized carbons (Fsp3) is 0.429. The van der Waals surface area contributed by atoms with Crippen molar-refractivity contribution in [2.24, 2.45) is 0 Å². The minimum absolute atomic E-state index is 0.0560. The first-order valence-electron chi connectivity index (χ1n) is 6.64. The highest BCUT2D eigenvalue weighted by atomic mass is 79.9. The molecule has 0 unspecified atom stereocenters. The van der Waals surface area contributed by atoms with Crippen LogP contribution < -0.4 is 10.1 Å². The molecule has 6 nitrogen and oxygen atoms in total. The van der Waals surface area contributed by atoms with Crippen LogP contribution in [-0.4, -0.2) is 41.7 Å². The monoisotopic (exact) mass is 356 g/mol. The van der Waals surface area contributed by atoms with E-state index in [0.29, 0.717) is 11.4 Å². The first-order valence-corrected chi connectivity index (χ1v) is 7.43. The molecule has 0 heterocycles. The van der Waals surface area contributed by atoms with Gasteiger partial charge in [-0.2, -0.15) is 0 Å². The predicted octanol–water partition coefficient (Wildman–Crippen LogP) is 2.93. The Kier molecular flexibility index (Phi) is 5.06. The topological polar surface area (TPSA) is 78.9 Å². The number of nitrogens with one attached hydrogen (secondary N) is 1. The number of halogens is 1. The lowest BCUT2D eigenvalue weighted by Crippen LogP contribution is -2.38. The van der Waals surface area contributed by atoms with Gasteiger partial charge >= 0.3 is 12.0 Å². The smallest absolute Gasteiger partial charge is 0.322 e. The van der Waals surface area contributed by atoms with Crippen LogP contribution in [0.15, 0.2) is 22.7 Å². The van der Waals surface area contributed by atoms with E-state index < -0.39 is 5.97 Å². The molecule has 0 aliphatic heterocycles. The summed E-state index contributed by atoms with van der Waals surface area (Å²) in [5.74, 6) is -0.353. The van der Waals surface area contributed by atoms with Gasteiger partial charge in [0.2, 0.25) is 0 Å². The summed E-state index contributed by atoms with van der Waals surface area (Å²) in [6.07, 6.45) is 1.78. The molecule has 0 aromatic heterocycles. The van der Waals surface area contributed by atoms with Crippen LogP contribution in [0.3, 0.4) is 0 Å². The number of hydrogen-bond acceptors (Lipinski definition) is 3. The molecule has 1 fully saturated rings. The first kappa shape index (κ1) is 15.6. The Labute approximate surface area is 131 Å². The lowest BCUT2D eigenvalue weighted by molar-refractivity contribution is -0.137. The number of rotatable bonds is 6. The molecule has 114 valence electrons. The molecule has 2 rings (SSSR count). The summed E-state index contributed by atoms with van der Waals surface area (Å²) in [6, 6.07) is 5.16. The van der Waals surface area contributed by atoms with Crippen molar-refractivity contribution in [2.75, 3.05) is 19.0 Å². The maximum absolute atomic E-state index is 12.3. The molecule has 1 aliphatic carbocycles. The fourth-order valence-electron chi connectivity index (χ4n) is 2.02. The number of nitrogens with zero attached hydrogens (tertiary/aromatic N) is 1. The molecule has 0 bridgehead atoms. The van der Waals surface area contributed by atoms with Gasteiger partial charge in [-0.25, -0.2) is 4.79 Å². The number of urea groups is 1. The molecule has 0 atom stereocenters. The average Bonchev–Trinajstić information content (AvgIpc) is 3.23. The molecule has 1 saturated carbocycles. The Hall–Kier alpha value is -1.76. The van der Waals surface area contributed by atoms with Crippen LogP contribution in [0.25, 0.3) is 0 Å². The molecule has 7 heteroatoms. The normalized spacial score (nSPS) is 13.6. The third kappa shape index (κ3) is 4.35. The zero-order valence-corrected chi connectivity index (χ0v) is 13.2. The zero-order valence-electron chi connectivity index (χ0n) is 11.6. The molecule has 21 heavy (non-hydrogen) atoms. The Morgan fingerprint density at radius 1 is 1.48 bits per heavy atom. The molecule has 1 aromatic carbocycles. The van der Waals surface area contributed by atoms with Crippen molar-refractivity contribution in [3.8, 4) is 5.75 Å². The van der Waals surface area contributed by atoms with Gasteiger partial charge in [0.25, 0.3) is 0 Å². The Morgan fingerprint density at radius 2 is 2.19 bits per heavy atom. The summed E-state index contributed by atoms with van der Waals surface area (Å²) in [4.78, 5) is 24.6. The number of amides is 2. The molecular weight excluding hydrogens is 340 g/mol. The van der Waals surface area contributed by atoms with Crippen molar-refractivity contribution >= 4 is 33.6 Å². The van der Waals surface area contributed by atoms with Gasteiger partial charge in [-0.05, 0) is 31.0 Å². The molecule has 2 N–H and O–H groups in total. The number of carboxylic acid groups (broad SMARTS) is 1. The van der Waals surface area contributed by atoms with E-state index >= 15 is 0 Å². The quantitative estimate of drug-likeness (QED) is 0.821. The van der Waals surface area contributed by atoms with Gasteiger partial charge in [0, 0.05) is 17.1 Å². The van der Waals surface area contributed by atoms with Crippen molar-refractivity contribution in [2.45, 2.75) is 25.3 Å². The number of methoxy groups -OCH3 is 1. The number of hydrogen-bond donors (Lipinski definition) is 2. The predicted molar refractivity (Wildman–Crippen MR) is 81.7 cm³/mol. The van der Waals surface area contributed by atoms with E-state index in [2.05, 4.69) is 21.2 Å². The maximum Gasteiger partial charge on any atom is 0.322 e. The van der Waals surface area contributed by atoms with Crippen LogP contribution in [0.5, 0.6) is 5.75 Å². The van der Waals surface area contributed by atoms with Crippen molar-refractivity contribution in [3.05, 3.63) is 22.7 Å². The number of ether oxygens (including phenoxy) is 1. The summed E-state index contributed by atoms with van der Waals surface area (Å²) in [6.45, 7) is 0.210. The van der Waals surface area contributed by atoms with Crippen LogP contribution in [0, 0.1) is 0 Å². The minimum atomic E-state index is -0.909. The lowest BCUT2D eigenvalue weighted by atomic mass is 10.3. The second-order valence-electron chi connectivity index (χ2n) is 4.84. The fourth-order valence-corrected chi connectivity index (χ4v) is 2.38. The highest BCUT2D eigenvalue weighted by molar-refractivity contribution is 9.10. The maximum atomic E-state index is 12.3. The standard InChI is InChI=1S/C14H17BrN2O4/c1-21-12-5-2-9(15)8-11(12)16-14(20)17(10-3-4-10)7-6-13(18)19/h2,5,8,10H,3-4,6-7H2,1H3,(H,16,20)(H,18,19). The SMILES string of the molecule is COc1ccc(Br)cc1NC(=O)N(CCC(=O)O)C1CC1. The van der Waals surface area contributed by atoms with Gasteiger partial charge in [0.1, 0.15) is 5.75 Å². The van der Waals surface area contributed by atoms with E-state index in [1.807, 2.05) is 6.07 Å². The second-order valence-corrected chi connectivity index (χ2v) is 5.76. The van der Waals surface area contributed by atoms with E-state index in [4.69, 9.17) is 9.84 Å². The molecule has 0 spiro atoms. The largest absolute Gasteiger partial charge is 0.495 e. The summed E-state index contributed by atoms with van der Waals surface area (Å²) < 4.78 is 6.03. The van der Waals surface area contributed by atoms with Crippen LogP contribution >= 0.6 is 15.9 Å². The van der Waals surface area contributed by atoms with Crippen LogP contribution in [0.4, 0.5) is 10.5 Å². The molecule has 1 aliphatic rings. The number of carbonyl (C=O) groups excluding carboxylic acids is 1. The first-order chi connectivity index (χ1) is 10.0. The van der Waals surface area contributed by atoms with E-state index in [1.165, 1.54) is 7.11 Å². The highest BCUT2D eigenvalue weighted by Gasteiger charge is 2.33. The molecule has 1 aromatic rings. The summed E-state index contributed by atoms with van der Waals surface area (Å²) in [5, 5.41) is 11.6. The molecular formula is C14H17BrN2O4. The third-order valence-electron chi connectivity index (χ3n) is 3.22. The van der Waals surface area contributed by atoms with E-state index in [1.54, 1.807) is 17.0 Å². The Morgan fingerprint density at radius 3 is 2.76 bits per heavy atom. The number of carbonyl (C=O) groups is 2. The van der Waals surface area contributed by atoms with Gasteiger partial charge in [0.05, 0.1) is 19.2 Å². The summed E-state index contributed by atoms with van der Waals surface area (Å²) >= 11 is 3.35. The zero-order chi connectivity index (χ0) is 15.4. The van der Waals surface area contributed by atoms with Gasteiger partial charge in [-0.1, -0.05) is 15.9 Å². The summed E-state index contributed by atoms with van der Waals surface area (Å²) in [5.41, 5.74) is 0.554. The Balaban J connectivity index is 2.07. The number of anilines is 1. The van der Waals surface area contributed by atoms with E-state index in [9.17, 15) is 9.59 Å². The number of benzene rings is 1. The lowest BCUT2D eigenvalue weighted by Gasteiger charge is -2.22. The molecule has 0 radical (unpaired) electrons. The number of carboxylic acids is 1. The van der Waals surface area contributed by atoms with Crippen molar-refractivity contribution in [1.82, 2.24) is 4.90 Å². The van der Waals surface area contributed by atoms with Crippen molar-refractivity contribution < 1.29 is 19.4 Å². The average molecular weight is 357 g/mol. The van der Waals surface area contributed by atoms with Gasteiger partial charge in [0.15, 0.2) is 0 Å². The van der Waals surface area contributed by atoms with Crippen LogP contribution in [0.2, 0.25) is 0 Å².